The Kier molecular flexibility index (Phi) is 30.7. The molecule has 0 spiro atoms. The van der Waals surface area contributed by atoms with Crippen molar-refractivity contribution < 1.29 is 63.1 Å². The van der Waals surface area contributed by atoms with E-state index in [1.54, 1.807) is 0 Å². The molecule has 56 heavy (non-hydrogen) atoms. The summed E-state index contributed by atoms with van der Waals surface area (Å²) in [6.45, 7) is 3.20. The molecule has 0 aliphatic heterocycles. The molecule has 0 saturated heterocycles. The Balaban J connectivity index is 2.46. The van der Waals surface area contributed by atoms with E-state index in [-0.39, 0.29) is 12.8 Å². The van der Waals surface area contributed by atoms with Crippen molar-refractivity contribution in [2.45, 2.75) is 204 Å². The predicted octanol–water partition coefficient (Wildman–Crippen LogP) is 7.44. The van der Waals surface area contributed by atoms with Crippen molar-refractivity contribution in [1.29, 1.82) is 0 Å². The summed E-state index contributed by atoms with van der Waals surface area (Å²) in [5.74, 6) is -1.12. The summed E-state index contributed by atoms with van der Waals surface area (Å²) < 4.78 is 33.3. The van der Waals surface area contributed by atoms with E-state index in [0.717, 1.165) is 77.0 Å². The van der Waals surface area contributed by atoms with Crippen LogP contribution in [0.5, 0.6) is 0 Å². The topological polar surface area (TPSA) is 210 Å². The molecule has 0 bridgehead atoms. The van der Waals surface area contributed by atoms with Crippen molar-refractivity contribution in [1.82, 2.24) is 0 Å². The molecule has 0 aromatic carbocycles. The van der Waals surface area contributed by atoms with Gasteiger partial charge >= 0.3 is 19.8 Å². The normalized spacial score (nSPS) is 23.2. The number of aliphatic hydroxyl groups excluding tert-OH is 5. The van der Waals surface area contributed by atoms with E-state index >= 15 is 0 Å². The SMILES string of the molecule is CCCCC/C=C\C/C=C\C/C=C\CCCCCCCCC(=O)OC(COC(=O)CCCCCCCCCC)COP(=O)(O)OC1C(O)C(O)C(O)C(O)C1O. The number of phosphoric ester groups is 1. The fourth-order valence-electron chi connectivity index (χ4n) is 6.23. The molecule has 6 atom stereocenters. The summed E-state index contributed by atoms with van der Waals surface area (Å²) >= 11 is 0. The molecule has 1 fully saturated rings. The Labute approximate surface area is 336 Å². The minimum atomic E-state index is -5.11. The molecular weight excluding hydrogens is 743 g/mol. The van der Waals surface area contributed by atoms with Crippen LogP contribution >= 0.6 is 7.82 Å². The van der Waals surface area contributed by atoms with Crippen LogP contribution in [0.1, 0.15) is 162 Å². The zero-order chi connectivity index (χ0) is 41.4. The average molecular weight is 819 g/mol. The highest BCUT2D eigenvalue weighted by atomic mass is 31.2. The lowest BCUT2D eigenvalue weighted by molar-refractivity contribution is -0.220. The monoisotopic (exact) mass is 818 g/mol. The number of ether oxygens (including phenoxy) is 2. The van der Waals surface area contributed by atoms with Gasteiger partial charge in [-0.3, -0.25) is 18.6 Å². The molecule has 1 saturated carbocycles. The standard InChI is InChI=1S/C42H75O13P/c1-3-5-7-9-11-13-14-15-16-17-18-19-20-21-22-23-25-27-29-31-36(44)54-34(32-52-35(43)30-28-26-24-12-10-8-6-4-2)33-53-56(50,51)55-42-40(48)38(46)37(45)39(47)41(42)49/h11,13,15-16,18-19,34,37-42,45-49H,3-10,12,14,17,20-33H2,1-2H3,(H,50,51)/b13-11-,16-15-,19-18-. The molecule has 0 aromatic heterocycles. The highest BCUT2D eigenvalue weighted by Crippen LogP contribution is 2.47. The van der Waals surface area contributed by atoms with Crippen LogP contribution < -0.4 is 0 Å². The van der Waals surface area contributed by atoms with Gasteiger partial charge in [0, 0.05) is 12.8 Å². The van der Waals surface area contributed by atoms with Gasteiger partial charge in [0.05, 0.1) is 6.61 Å². The summed E-state index contributed by atoms with van der Waals surface area (Å²) in [6, 6.07) is 0. The Hall–Kier alpha value is -1.93. The molecule has 1 aliphatic carbocycles. The van der Waals surface area contributed by atoms with E-state index in [4.69, 9.17) is 18.5 Å². The fourth-order valence-corrected chi connectivity index (χ4v) is 7.21. The smallest absolute Gasteiger partial charge is 0.462 e. The van der Waals surface area contributed by atoms with Crippen LogP contribution in [0.4, 0.5) is 0 Å². The van der Waals surface area contributed by atoms with Crippen LogP contribution in [0.25, 0.3) is 0 Å². The van der Waals surface area contributed by atoms with E-state index in [1.165, 1.54) is 44.9 Å². The van der Waals surface area contributed by atoms with Gasteiger partial charge in [0.1, 0.15) is 43.2 Å². The Bertz CT molecular complexity index is 1130. The van der Waals surface area contributed by atoms with Crippen LogP contribution in [0.2, 0.25) is 0 Å². The molecule has 326 valence electrons. The number of hydrogen-bond acceptors (Lipinski definition) is 12. The molecule has 0 amide bonds. The van der Waals surface area contributed by atoms with Crippen molar-refractivity contribution in [3.63, 3.8) is 0 Å². The molecule has 0 radical (unpaired) electrons. The number of carbonyl (C=O) groups is 2. The maximum absolute atomic E-state index is 12.7. The van der Waals surface area contributed by atoms with Crippen LogP contribution in [-0.4, -0.2) is 98.3 Å². The van der Waals surface area contributed by atoms with Crippen molar-refractivity contribution in [2.75, 3.05) is 13.2 Å². The highest BCUT2D eigenvalue weighted by Gasteiger charge is 2.51. The highest BCUT2D eigenvalue weighted by molar-refractivity contribution is 7.47. The number of carbonyl (C=O) groups excluding carboxylic acids is 2. The number of rotatable bonds is 34. The molecule has 6 unspecified atom stereocenters. The Morgan fingerprint density at radius 3 is 1.50 bits per heavy atom. The van der Waals surface area contributed by atoms with Gasteiger partial charge in [0.25, 0.3) is 0 Å². The van der Waals surface area contributed by atoms with Crippen molar-refractivity contribution in [3.05, 3.63) is 36.5 Å². The minimum absolute atomic E-state index is 0.0828. The summed E-state index contributed by atoms with van der Waals surface area (Å²) in [5, 5.41) is 50.0. The summed E-state index contributed by atoms with van der Waals surface area (Å²) in [5.41, 5.74) is 0. The first-order chi connectivity index (χ1) is 26.9. The maximum atomic E-state index is 12.7. The maximum Gasteiger partial charge on any atom is 0.472 e. The third kappa shape index (κ3) is 25.4. The average Bonchev–Trinajstić information content (AvgIpc) is 3.18. The lowest BCUT2D eigenvalue weighted by Gasteiger charge is -2.41. The van der Waals surface area contributed by atoms with Crippen molar-refractivity contribution in [3.8, 4) is 0 Å². The van der Waals surface area contributed by atoms with Gasteiger partial charge in [-0.2, -0.15) is 0 Å². The lowest BCUT2D eigenvalue weighted by Crippen LogP contribution is -2.64. The minimum Gasteiger partial charge on any atom is -0.462 e. The fraction of sp³-hybridized carbons (Fsp3) is 0.810. The zero-order valence-corrected chi connectivity index (χ0v) is 35.1. The quantitative estimate of drug-likeness (QED) is 0.0162. The number of unbranched alkanes of at least 4 members (excludes halogenated alkanes) is 16. The zero-order valence-electron chi connectivity index (χ0n) is 34.2. The molecule has 13 nitrogen and oxygen atoms in total. The molecule has 6 N–H and O–H groups in total. The second-order valence-corrected chi connectivity index (χ2v) is 16.3. The first-order valence-electron chi connectivity index (χ1n) is 21.3. The van der Waals surface area contributed by atoms with Crippen LogP contribution in [0.15, 0.2) is 36.5 Å². The van der Waals surface area contributed by atoms with E-state index < -0.39 is 75.7 Å². The number of hydrogen-bond donors (Lipinski definition) is 6. The second kappa shape index (κ2) is 33.0. The lowest BCUT2D eigenvalue weighted by atomic mass is 9.85. The Morgan fingerprint density at radius 2 is 0.964 bits per heavy atom. The van der Waals surface area contributed by atoms with Crippen LogP contribution in [0.3, 0.4) is 0 Å². The van der Waals surface area contributed by atoms with Gasteiger partial charge in [-0.15, -0.1) is 0 Å². The van der Waals surface area contributed by atoms with Gasteiger partial charge in [-0.25, -0.2) is 4.57 Å². The summed E-state index contributed by atoms with van der Waals surface area (Å²) in [6.07, 6.45) is 22.2. The first-order valence-corrected chi connectivity index (χ1v) is 22.8. The third-order valence-electron chi connectivity index (χ3n) is 9.73. The van der Waals surface area contributed by atoms with Gasteiger partial charge < -0.3 is 39.9 Å². The van der Waals surface area contributed by atoms with Gasteiger partial charge in [-0.05, 0) is 51.4 Å². The number of phosphoric acid groups is 1. The van der Waals surface area contributed by atoms with Gasteiger partial charge in [0.15, 0.2) is 6.10 Å². The van der Waals surface area contributed by atoms with Crippen LogP contribution in [0, 0.1) is 0 Å². The molecule has 0 heterocycles. The molecule has 1 aliphatic rings. The number of allylic oxidation sites excluding steroid dienone is 6. The Morgan fingerprint density at radius 1 is 0.554 bits per heavy atom. The van der Waals surface area contributed by atoms with E-state index in [0.29, 0.717) is 12.8 Å². The number of esters is 2. The van der Waals surface area contributed by atoms with Gasteiger partial charge in [0.2, 0.25) is 0 Å². The summed E-state index contributed by atoms with van der Waals surface area (Å²) in [4.78, 5) is 35.5. The van der Waals surface area contributed by atoms with E-state index in [9.17, 15) is 44.6 Å². The molecule has 1 rings (SSSR count). The molecule has 0 aromatic rings. The van der Waals surface area contributed by atoms with Gasteiger partial charge in [-0.1, -0.05) is 134 Å². The summed E-state index contributed by atoms with van der Waals surface area (Å²) in [7, 11) is -5.11. The van der Waals surface area contributed by atoms with Crippen LogP contribution in [-0.2, 0) is 32.7 Å². The second-order valence-electron chi connectivity index (χ2n) is 14.8. The molecular formula is C42H75O13P. The number of aliphatic hydroxyl groups is 5. The van der Waals surface area contributed by atoms with E-state index in [1.807, 2.05) is 0 Å². The van der Waals surface area contributed by atoms with Crippen molar-refractivity contribution >= 4 is 19.8 Å². The first kappa shape index (κ1) is 52.1. The largest absolute Gasteiger partial charge is 0.472 e. The third-order valence-corrected chi connectivity index (χ3v) is 10.7. The predicted molar refractivity (Wildman–Crippen MR) is 216 cm³/mol. The van der Waals surface area contributed by atoms with Crippen molar-refractivity contribution in [2.24, 2.45) is 0 Å². The van der Waals surface area contributed by atoms with E-state index in [2.05, 4.69) is 50.3 Å². The molecule has 14 heteroatoms.